The van der Waals surface area contributed by atoms with Gasteiger partial charge in [-0.1, -0.05) is 43.0 Å². The Morgan fingerprint density at radius 1 is 1.29 bits per heavy atom. The second-order valence-corrected chi connectivity index (χ2v) is 6.40. The van der Waals surface area contributed by atoms with Crippen LogP contribution in [0.3, 0.4) is 0 Å². The van der Waals surface area contributed by atoms with Gasteiger partial charge in [-0.3, -0.25) is 0 Å². The predicted octanol–water partition coefficient (Wildman–Crippen LogP) is 3.64. The molecule has 21 heavy (non-hydrogen) atoms. The van der Waals surface area contributed by atoms with Gasteiger partial charge in [0, 0.05) is 12.6 Å². The first kappa shape index (κ1) is 16.6. The van der Waals surface area contributed by atoms with Gasteiger partial charge in [0.1, 0.15) is 18.5 Å². The Bertz CT molecular complexity index is 421. The van der Waals surface area contributed by atoms with Crippen LogP contribution in [0.4, 0.5) is 0 Å². The van der Waals surface area contributed by atoms with Crippen molar-refractivity contribution < 1.29 is 9.84 Å². The lowest BCUT2D eigenvalue weighted by atomic mass is 9.84. The highest BCUT2D eigenvalue weighted by atomic mass is 35.5. The number of para-hydroxylation sites is 1. The van der Waals surface area contributed by atoms with Gasteiger partial charge in [-0.05, 0) is 37.8 Å². The van der Waals surface area contributed by atoms with Crippen LogP contribution in [-0.2, 0) is 0 Å². The van der Waals surface area contributed by atoms with Gasteiger partial charge >= 0.3 is 0 Å². The standard InChI is InChI=1S/C17H26ClNO2/c1-13(14-7-3-2-4-8-14)19-11-15(20)12-21-17-10-6-5-9-16(17)18/h5-6,9-10,13-15,19-20H,2-4,7-8,11-12H2,1H3/t13-,15?/m1/s1. The molecule has 1 aliphatic carbocycles. The minimum absolute atomic E-state index is 0.258. The largest absolute Gasteiger partial charge is 0.489 e. The maximum Gasteiger partial charge on any atom is 0.138 e. The highest BCUT2D eigenvalue weighted by molar-refractivity contribution is 6.32. The highest BCUT2D eigenvalue weighted by Gasteiger charge is 2.20. The summed E-state index contributed by atoms with van der Waals surface area (Å²) in [6, 6.07) is 7.79. The molecular weight excluding hydrogens is 286 g/mol. The van der Waals surface area contributed by atoms with Gasteiger partial charge in [-0.2, -0.15) is 0 Å². The second kappa shape index (κ2) is 8.62. The first-order valence-electron chi connectivity index (χ1n) is 7.95. The lowest BCUT2D eigenvalue weighted by molar-refractivity contribution is 0.100. The fourth-order valence-corrected chi connectivity index (χ4v) is 3.12. The lowest BCUT2D eigenvalue weighted by Crippen LogP contribution is -2.40. The normalized spacial score (nSPS) is 19.2. The van der Waals surface area contributed by atoms with Crippen molar-refractivity contribution in [1.82, 2.24) is 5.32 Å². The summed E-state index contributed by atoms with van der Waals surface area (Å²) < 4.78 is 5.55. The molecule has 0 amide bonds. The fraction of sp³-hybridized carbons (Fsp3) is 0.647. The van der Waals surface area contributed by atoms with Crippen LogP contribution < -0.4 is 10.1 Å². The average molecular weight is 312 g/mol. The highest BCUT2D eigenvalue weighted by Crippen LogP contribution is 2.26. The molecule has 1 aliphatic rings. The van der Waals surface area contributed by atoms with Gasteiger partial charge in [-0.25, -0.2) is 0 Å². The zero-order valence-electron chi connectivity index (χ0n) is 12.7. The lowest BCUT2D eigenvalue weighted by Gasteiger charge is -2.29. The molecule has 2 N–H and O–H groups in total. The maximum absolute atomic E-state index is 10.0. The Morgan fingerprint density at radius 3 is 2.71 bits per heavy atom. The quantitative estimate of drug-likeness (QED) is 0.808. The number of aliphatic hydroxyl groups is 1. The van der Waals surface area contributed by atoms with Crippen molar-refractivity contribution in [1.29, 1.82) is 0 Å². The SMILES string of the molecule is C[C@@H](NCC(O)COc1ccccc1Cl)C1CCCCC1. The first-order chi connectivity index (χ1) is 10.2. The zero-order chi connectivity index (χ0) is 15.1. The fourth-order valence-electron chi connectivity index (χ4n) is 2.93. The van der Waals surface area contributed by atoms with E-state index in [0.29, 0.717) is 23.4 Å². The topological polar surface area (TPSA) is 41.5 Å². The average Bonchev–Trinajstić information content (AvgIpc) is 2.52. The summed E-state index contributed by atoms with van der Waals surface area (Å²) in [7, 11) is 0. The van der Waals surface area contributed by atoms with Crippen LogP contribution in [0.25, 0.3) is 0 Å². The molecule has 0 saturated heterocycles. The van der Waals surface area contributed by atoms with Gasteiger partial charge in [0.2, 0.25) is 0 Å². The Morgan fingerprint density at radius 2 is 2.00 bits per heavy atom. The van der Waals surface area contributed by atoms with E-state index in [1.54, 1.807) is 6.07 Å². The first-order valence-corrected chi connectivity index (χ1v) is 8.33. The van der Waals surface area contributed by atoms with Crippen molar-refractivity contribution >= 4 is 11.6 Å². The van der Waals surface area contributed by atoms with E-state index in [1.165, 1.54) is 32.1 Å². The van der Waals surface area contributed by atoms with Crippen molar-refractivity contribution in [3.63, 3.8) is 0 Å². The molecule has 0 aliphatic heterocycles. The third-order valence-corrected chi connectivity index (χ3v) is 4.61. The summed E-state index contributed by atoms with van der Waals surface area (Å²) in [5.41, 5.74) is 0. The molecule has 3 nitrogen and oxygen atoms in total. The van der Waals surface area contributed by atoms with E-state index in [1.807, 2.05) is 18.2 Å². The van der Waals surface area contributed by atoms with Crippen molar-refractivity contribution in [3.8, 4) is 5.75 Å². The molecule has 0 radical (unpaired) electrons. The van der Waals surface area contributed by atoms with Crippen LogP contribution in [0, 0.1) is 5.92 Å². The Balaban J connectivity index is 1.67. The van der Waals surface area contributed by atoms with E-state index < -0.39 is 6.10 Å². The van der Waals surface area contributed by atoms with E-state index >= 15 is 0 Å². The third-order valence-electron chi connectivity index (χ3n) is 4.30. The number of aliphatic hydroxyl groups excluding tert-OH is 1. The molecule has 1 fully saturated rings. The van der Waals surface area contributed by atoms with Gasteiger partial charge in [-0.15, -0.1) is 0 Å². The number of rotatable bonds is 7. The summed E-state index contributed by atoms with van der Waals surface area (Å²) in [6.07, 6.45) is 6.15. The molecule has 4 heteroatoms. The summed E-state index contributed by atoms with van der Waals surface area (Å²) >= 11 is 6.01. The number of halogens is 1. The second-order valence-electron chi connectivity index (χ2n) is 5.99. The molecule has 1 aromatic carbocycles. The molecule has 1 aromatic rings. The molecule has 0 bridgehead atoms. The zero-order valence-corrected chi connectivity index (χ0v) is 13.5. The number of hydrogen-bond acceptors (Lipinski definition) is 3. The number of benzene rings is 1. The summed E-state index contributed by atoms with van der Waals surface area (Å²) in [5, 5.41) is 14.0. The molecular formula is C17H26ClNO2. The van der Waals surface area contributed by atoms with Crippen LogP contribution in [0.1, 0.15) is 39.0 Å². The maximum atomic E-state index is 10.0. The molecule has 0 heterocycles. The van der Waals surface area contributed by atoms with Crippen molar-refractivity contribution in [2.75, 3.05) is 13.2 Å². The van der Waals surface area contributed by atoms with Crippen LogP contribution in [0.5, 0.6) is 5.75 Å². The van der Waals surface area contributed by atoms with Crippen LogP contribution >= 0.6 is 11.6 Å². The van der Waals surface area contributed by atoms with Crippen LogP contribution in [0.2, 0.25) is 5.02 Å². The van der Waals surface area contributed by atoms with E-state index in [0.717, 1.165) is 5.92 Å². The van der Waals surface area contributed by atoms with Gasteiger partial charge in [0.05, 0.1) is 5.02 Å². The predicted molar refractivity (Wildman–Crippen MR) is 87.0 cm³/mol. The third kappa shape index (κ3) is 5.50. The Labute approximate surface area is 132 Å². The number of nitrogens with one attached hydrogen (secondary N) is 1. The number of hydrogen-bond donors (Lipinski definition) is 2. The van der Waals surface area contributed by atoms with Crippen molar-refractivity contribution in [2.45, 2.75) is 51.2 Å². The van der Waals surface area contributed by atoms with Crippen LogP contribution in [0.15, 0.2) is 24.3 Å². The van der Waals surface area contributed by atoms with E-state index in [2.05, 4.69) is 12.2 Å². The van der Waals surface area contributed by atoms with E-state index in [9.17, 15) is 5.11 Å². The molecule has 2 atom stereocenters. The molecule has 2 rings (SSSR count). The molecule has 0 aromatic heterocycles. The summed E-state index contributed by atoms with van der Waals surface area (Å²) in [6.45, 7) is 3.04. The van der Waals surface area contributed by atoms with Gasteiger partial charge in [0.25, 0.3) is 0 Å². The van der Waals surface area contributed by atoms with Gasteiger partial charge in [0.15, 0.2) is 0 Å². The van der Waals surface area contributed by atoms with Crippen molar-refractivity contribution in [3.05, 3.63) is 29.3 Å². The summed E-state index contributed by atoms with van der Waals surface area (Å²) in [4.78, 5) is 0. The van der Waals surface area contributed by atoms with E-state index in [-0.39, 0.29) is 6.61 Å². The Kier molecular flexibility index (Phi) is 6.81. The molecule has 1 saturated carbocycles. The molecule has 0 spiro atoms. The monoisotopic (exact) mass is 311 g/mol. The van der Waals surface area contributed by atoms with Crippen LogP contribution in [-0.4, -0.2) is 30.4 Å². The van der Waals surface area contributed by atoms with Gasteiger partial charge < -0.3 is 15.2 Å². The molecule has 118 valence electrons. The molecule has 1 unspecified atom stereocenters. The summed E-state index contributed by atoms with van der Waals surface area (Å²) in [5.74, 6) is 1.37. The minimum atomic E-state index is -0.521. The minimum Gasteiger partial charge on any atom is -0.489 e. The number of ether oxygens (including phenoxy) is 1. The smallest absolute Gasteiger partial charge is 0.138 e. The van der Waals surface area contributed by atoms with Crippen molar-refractivity contribution in [2.24, 2.45) is 5.92 Å². The Hall–Kier alpha value is -0.770. The van der Waals surface area contributed by atoms with E-state index in [4.69, 9.17) is 16.3 Å².